The first kappa shape index (κ1) is 13.7. The Morgan fingerprint density at radius 2 is 1.82 bits per heavy atom. The molecule has 17 heavy (non-hydrogen) atoms. The number of rotatable bonds is 6. The van der Waals surface area contributed by atoms with Crippen LogP contribution in [-0.2, 0) is 14.3 Å². The number of benzene rings is 1. The Hall–Kier alpha value is -1.35. The van der Waals surface area contributed by atoms with Crippen molar-refractivity contribution in [2.24, 2.45) is 5.92 Å². The number of methoxy groups -OCH3 is 1. The molecule has 0 spiro atoms. The quantitative estimate of drug-likeness (QED) is 0.712. The summed E-state index contributed by atoms with van der Waals surface area (Å²) in [6.45, 7) is 4.86. The van der Waals surface area contributed by atoms with Gasteiger partial charge in [0.1, 0.15) is 0 Å². The smallest absolute Gasteiger partial charge is 0.313 e. The van der Waals surface area contributed by atoms with E-state index in [1.807, 2.05) is 44.2 Å². The molecule has 94 valence electrons. The highest BCUT2D eigenvalue weighted by molar-refractivity contribution is 5.77. The molecule has 0 amide bonds. The summed E-state index contributed by atoms with van der Waals surface area (Å²) < 4.78 is 10.2. The zero-order chi connectivity index (χ0) is 12.7. The van der Waals surface area contributed by atoms with Crippen molar-refractivity contribution in [2.45, 2.75) is 19.8 Å². The van der Waals surface area contributed by atoms with E-state index in [1.54, 1.807) is 7.11 Å². The zero-order valence-electron chi connectivity index (χ0n) is 10.7. The highest BCUT2D eigenvalue weighted by atomic mass is 16.5. The predicted octanol–water partition coefficient (Wildman–Crippen LogP) is 2.62. The molecule has 0 heterocycles. The van der Waals surface area contributed by atoms with Gasteiger partial charge in [-0.05, 0) is 12.5 Å². The number of ether oxygens (including phenoxy) is 2. The van der Waals surface area contributed by atoms with E-state index >= 15 is 0 Å². The van der Waals surface area contributed by atoms with Crippen molar-refractivity contribution in [3.8, 4) is 0 Å². The number of esters is 1. The Labute approximate surface area is 103 Å². The van der Waals surface area contributed by atoms with E-state index in [1.165, 1.54) is 0 Å². The average Bonchev–Trinajstić information content (AvgIpc) is 2.36. The number of carbonyl (C=O) groups is 1. The Morgan fingerprint density at radius 3 is 2.41 bits per heavy atom. The summed E-state index contributed by atoms with van der Waals surface area (Å²) in [6.07, 6.45) is 0. The molecule has 0 aromatic heterocycles. The predicted molar refractivity (Wildman–Crippen MR) is 66.9 cm³/mol. The van der Waals surface area contributed by atoms with Crippen molar-refractivity contribution in [2.75, 3.05) is 20.3 Å². The largest absolute Gasteiger partial charge is 0.465 e. The first-order valence-electron chi connectivity index (χ1n) is 5.85. The summed E-state index contributed by atoms with van der Waals surface area (Å²) in [7, 11) is 1.64. The van der Waals surface area contributed by atoms with Crippen LogP contribution in [-0.4, -0.2) is 26.3 Å². The van der Waals surface area contributed by atoms with E-state index in [4.69, 9.17) is 9.47 Å². The average molecular weight is 236 g/mol. The van der Waals surface area contributed by atoms with Crippen molar-refractivity contribution in [3.63, 3.8) is 0 Å². The molecule has 0 aliphatic carbocycles. The van der Waals surface area contributed by atoms with Crippen molar-refractivity contribution in [1.29, 1.82) is 0 Å². The van der Waals surface area contributed by atoms with Gasteiger partial charge < -0.3 is 9.47 Å². The van der Waals surface area contributed by atoms with Gasteiger partial charge in [-0.3, -0.25) is 4.79 Å². The van der Waals surface area contributed by atoms with Crippen LogP contribution in [0.3, 0.4) is 0 Å². The van der Waals surface area contributed by atoms with Crippen molar-refractivity contribution >= 4 is 5.97 Å². The van der Waals surface area contributed by atoms with E-state index in [2.05, 4.69) is 0 Å². The minimum absolute atomic E-state index is 0.181. The minimum Gasteiger partial charge on any atom is -0.465 e. The molecule has 0 saturated heterocycles. The van der Waals surface area contributed by atoms with E-state index in [9.17, 15) is 4.79 Å². The van der Waals surface area contributed by atoms with Gasteiger partial charge in [0.25, 0.3) is 0 Å². The molecule has 2 unspecified atom stereocenters. The molecule has 2 atom stereocenters. The van der Waals surface area contributed by atoms with Crippen LogP contribution < -0.4 is 0 Å². The van der Waals surface area contributed by atoms with E-state index in [-0.39, 0.29) is 17.8 Å². The number of hydrogen-bond donors (Lipinski definition) is 0. The van der Waals surface area contributed by atoms with E-state index < -0.39 is 0 Å². The highest BCUT2D eigenvalue weighted by Gasteiger charge is 2.17. The lowest BCUT2D eigenvalue weighted by atomic mass is 10.0. The Balaban J connectivity index is 2.43. The van der Waals surface area contributed by atoms with E-state index in [0.29, 0.717) is 13.2 Å². The molecule has 0 fully saturated rings. The molecule has 1 aromatic carbocycles. The first-order valence-corrected chi connectivity index (χ1v) is 5.85. The van der Waals surface area contributed by atoms with Crippen LogP contribution in [0.2, 0.25) is 0 Å². The molecule has 0 aliphatic heterocycles. The van der Waals surface area contributed by atoms with Crippen LogP contribution in [0.15, 0.2) is 30.3 Å². The highest BCUT2D eigenvalue weighted by Crippen LogP contribution is 2.16. The molecule has 0 N–H and O–H groups in total. The maximum atomic E-state index is 11.8. The minimum atomic E-state index is -0.217. The summed E-state index contributed by atoms with van der Waals surface area (Å²) in [5.41, 5.74) is 0.983. The van der Waals surface area contributed by atoms with Crippen molar-refractivity contribution < 1.29 is 14.3 Å². The summed E-state index contributed by atoms with van der Waals surface area (Å²) in [6, 6.07) is 9.65. The van der Waals surface area contributed by atoms with Crippen molar-refractivity contribution in [3.05, 3.63) is 35.9 Å². The SMILES string of the molecule is COCC(C)COC(=O)C(C)c1ccccc1. The lowest BCUT2D eigenvalue weighted by Gasteiger charge is -2.14. The summed E-state index contributed by atoms with van der Waals surface area (Å²) in [5, 5.41) is 0. The van der Waals surface area contributed by atoms with Crippen molar-refractivity contribution in [1.82, 2.24) is 0 Å². The van der Waals surface area contributed by atoms with Gasteiger partial charge in [0.05, 0.1) is 19.1 Å². The van der Waals surface area contributed by atoms with Gasteiger partial charge in [0.15, 0.2) is 0 Å². The lowest BCUT2D eigenvalue weighted by Crippen LogP contribution is -2.19. The monoisotopic (exact) mass is 236 g/mol. The van der Waals surface area contributed by atoms with Crippen LogP contribution in [0.25, 0.3) is 0 Å². The third-order valence-corrected chi connectivity index (χ3v) is 2.61. The van der Waals surface area contributed by atoms with Crippen LogP contribution in [0.5, 0.6) is 0 Å². The van der Waals surface area contributed by atoms with Gasteiger partial charge in [-0.25, -0.2) is 0 Å². The molecular weight excluding hydrogens is 216 g/mol. The molecule has 3 heteroatoms. The fourth-order valence-corrected chi connectivity index (χ4v) is 1.56. The van der Waals surface area contributed by atoms with Crippen LogP contribution >= 0.6 is 0 Å². The topological polar surface area (TPSA) is 35.5 Å². The summed E-state index contributed by atoms with van der Waals surface area (Å²) in [5.74, 6) is -0.169. The fourth-order valence-electron chi connectivity index (χ4n) is 1.56. The van der Waals surface area contributed by atoms with Crippen LogP contribution in [0.1, 0.15) is 25.3 Å². The van der Waals surface area contributed by atoms with E-state index in [0.717, 1.165) is 5.56 Å². The molecule has 3 nitrogen and oxygen atoms in total. The molecule has 0 saturated carbocycles. The van der Waals surface area contributed by atoms with Gasteiger partial charge in [-0.2, -0.15) is 0 Å². The Kier molecular flexibility index (Phi) is 5.70. The third kappa shape index (κ3) is 4.57. The molecule has 0 bridgehead atoms. The van der Waals surface area contributed by atoms with Gasteiger partial charge in [-0.1, -0.05) is 37.3 Å². The van der Waals surface area contributed by atoms with Gasteiger partial charge in [0, 0.05) is 13.0 Å². The Bertz CT molecular complexity index is 335. The maximum absolute atomic E-state index is 11.8. The number of carbonyl (C=O) groups excluding carboxylic acids is 1. The molecular formula is C14H20O3. The second-order valence-electron chi connectivity index (χ2n) is 4.32. The maximum Gasteiger partial charge on any atom is 0.313 e. The Morgan fingerprint density at radius 1 is 1.18 bits per heavy atom. The van der Waals surface area contributed by atoms with Gasteiger partial charge >= 0.3 is 5.97 Å². The fraction of sp³-hybridized carbons (Fsp3) is 0.500. The molecule has 0 aliphatic rings. The molecule has 1 rings (SSSR count). The second kappa shape index (κ2) is 7.07. The lowest BCUT2D eigenvalue weighted by molar-refractivity contribution is -0.146. The normalized spacial score (nSPS) is 14.1. The van der Waals surface area contributed by atoms with Gasteiger partial charge in [0.2, 0.25) is 0 Å². The molecule has 1 aromatic rings. The second-order valence-corrected chi connectivity index (χ2v) is 4.32. The third-order valence-electron chi connectivity index (χ3n) is 2.61. The van der Waals surface area contributed by atoms with Crippen LogP contribution in [0, 0.1) is 5.92 Å². The number of hydrogen-bond acceptors (Lipinski definition) is 3. The zero-order valence-corrected chi connectivity index (χ0v) is 10.7. The van der Waals surface area contributed by atoms with Gasteiger partial charge in [-0.15, -0.1) is 0 Å². The standard InChI is InChI=1S/C14H20O3/c1-11(9-16-3)10-17-14(15)12(2)13-7-5-4-6-8-13/h4-8,11-12H,9-10H2,1-3H3. The summed E-state index contributed by atoms with van der Waals surface area (Å²) >= 11 is 0. The van der Waals surface area contributed by atoms with Crippen LogP contribution in [0.4, 0.5) is 0 Å². The first-order chi connectivity index (χ1) is 8.15. The molecule has 0 radical (unpaired) electrons. The summed E-state index contributed by atoms with van der Waals surface area (Å²) in [4.78, 5) is 11.8.